The van der Waals surface area contributed by atoms with Gasteiger partial charge in [-0.3, -0.25) is 4.90 Å². The van der Waals surface area contributed by atoms with Crippen LogP contribution in [0.3, 0.4) is 0 Å². The van der Waals surface area contributed by atoms with Crippen LogP contribution in [0, 0.1) is 0 Å². The molecule has 9 nitrogen and oxygen atoms in total. The zero-order chi connectivity index (χ0) is 28.6. The molecule has 0 saturated heterocycles. The third-order valence-corrected chi connectivity index (χ3v) is 7.73. The molecule has 0 radical (unpaired) electrons. The van der Waals surface area contributed by atoms with Crippen LogP contribution in [0.25, 0.3) is 11.0 Å². The molecule has 2 N–H and O–H groups in total. The first-order chi connectivity index (χ1) is 18.3. The molecule has 3 aromatic rings. The van der Waals surface area contributed by atoms with Crippen molar-refractivity contribution in [1.29, 1.82) is 0 Å². The quantitative estimate of drug-likeness (QED) is 0.207. The number of carboxylic acid groups (broad SMARTS) is 1. The van der Waals surface area contributed by atoms with Gasteiger partial charge in [-0.05, 0) is 50.4 Å². The first-order valence-electron chi connectivity index (χ1n) is 13.4. The Hall–Kier alpha value is -3.37. The molecule has 0 unspecified atom stereocenters. The summed E-state index contributed by atoms with van der Waals surface area (Å²) in [5, 5.41) is 12.8. The van der Waals surface area contributed by atoms with E-state index in [-0.39, 0.29) is 19.8 Å². The van der Waals surface area contributed by atoms with Gasteiger partial charge in [0.15, 0.2) is 0 Å². The summed E-state index contributed by atoms with van der Waals surface area (Å²) >= 11 is 0. The van der Waals surface area contributed by atoms with Crippen molar-refractivity contribution in [2.45, 2.75) is 78.3 Å². The van der Waals surface area contributed by atoms with E-state index >= 15 is 0 Å². The summed E-state index contributed by atoms with van der Waals surface area (Å²) in [5.41, 5.74) is 2.97. The van der Waals surface area contributed by atoms with E-state index in [1.54, 1.807) is 0 Å². The molecule has 0 fully saturated rings. The second kappa shape index (κ2) is 13.1. The number of alkyl carbamates (subject to hydrolysis) is 1. The molecule has 2 aromatic carbocycles. The van der Waals surface area contributed by atoms with Crippen molar-refractivity contribution >= 4 is 31.3 Å². The number of aromatic nitrogens is 2. The molecule has 0 aliphatic carbocycles. The first kappa shape index (κ1) is 30.2. The minimum Gasteiger partial charge on any atom is -0.465 e. The number of benzene rings is 2. The first-order valence-corrected chi connectivity index (χ1v) is 17.1. The van der Waals surface area contributed by atoms with Crippen LogP contribution in [0.15, 0.2) is 48.5 Å². The highest BCUT2D eigenvalue weighted by molar-refractivity contribution is 6.76. The number of carbonyl (C=O) groups excluding carboxylic acids is 1. The number of rotatable bonds is 12. The third kappa shape index (κ3) is 9.71. The fraction of sp³-hybridized carbons (Fsp3) is 0.483. The van der Waals surface area contributed by atoms with E-state index in [1.165, 1.54) is 4.90 Å². The average molecular weight is 555 g/mol. The molecule has 3 rings (SSSR count). The van der Waals surface area contributed by atoms with Gasteiger partial charge in [-0.25, -0.2) is 14.6 Å². The Bertz CT molecular complexity index is 1250. The van der Waals surface area contributed by atoms with Crippen LogP contribution in [0.4, 0.5) is 9.59 Å². The molecule has 39 heavy (non-hydrogen) atoms. The number of imidazole rings is 1. The molecule has 1 aromatic heterocycles. The smallest absolute Gasteiger partial charge is 0.408 e. The van der Waals surface area contributed by atoms with Crippen molar-refractivity contribution in [2.24, 2.45) is 0 Å². The Balaban J connectivity index is 1.87. The van der Waals surface area contributed by atoms with Gasteiger partial charge in [-0.2, -0.15) is 0 Å². The van der Waals surface area contributed by atoms with Gasteiger partial charge in [-0.15, -0.1) is 0 Å². The molecule has 212 valence electrons. The maximum Gasteiger partial charge on any atom is 0.408 e. The van der Waals surface area contributed by atoms with Gasteiger partial charge in [-0.1, -0.05) is 62.1 Å². The zero-order valence-corrected chi connectivity index (χ0v) is 25.0. The SMILES string of the molecule is CC(C)(C)OC(=O)NCCc1cccc2nc(CN(Cc3ccccc3)C(=O)O)n(COCC[Si](C)(C)C)c12. The number of amides is 2. The third-order valence-electron chi connectivity index (χ3n) is 6.03. The number of nitrogens with zero attached hydrogens (tertiary/aromatic N) is 3. The Kier molecular flexibility index (Phi) is 10.2. The van der Waals surface area contributed by atoms with Crippen LogP contribution in [0.1, 0.15) is 37.7 Å². The van der Waals surface area contributed by atoms with Crippen molar-refractivity contribution in [1.82, 2.24) is 19.8 Å². The molecular formula is C29H42N4O5Si. The lowest BCUT2D eigenvalue weighted by molar-refractivity contribution is 0.0528. The lowest BCUT2D eigenvalue weighted by Gasteiger charge is -2.21. The number of hydrogen-bond donors (Lipinski definition) is 2. The van der Waals surface area contributed by atoms with Crippen molar-refractivity contribution in [3.63, 3.8) is 0 Å². The van der Waals surface area contributed by atoms with E-state index in [0.717, 1.165) is 28.2 Å². The summed E-state index contributed by atoms with van der Waals surface area (Å²) in [4.78, 5) is 30.5. The molecule has 2 amide bonds. The molecule has 0 aliphatic heterocycles. The lowest BCUT2D eigenvalue weighted by atomic mass is 10.1. The van der Waals surface area contributed by atoms with Gasteiger partial charge < -0.3 is 24.5 Å². The monoisotopic (exact) mass is 554 g/mol. The molecule has 0 atom stereocenters. The van der Waals surface area contributed by atoms with Gasteiger partial charge in [0.2, 0.25) is 0 Å². The van der Waals surface area contributed by atoms with E-state index in [1.807, 2.05) is 73.9 Å². The van der Waals surface area contributed by atoms with Crippen LogP contribution in [-0.2, 0) is 35.7 Å². The van der Waals surface area contributed by atoms with Crippen LogP contribution in [0.2, 0.25) is 25.7 Å². The van der Waals surface area contributed by atoms with E-state index in [4.69, 9.17) is 14.5 Å². The summed E-state index contributed by atoms with van der Waals surface area (Å²) < 4.78 is 13.4. The van der Waals surface area contributed by atoms with Crippen molar-refractivity contribution in [3.8, 4) is 0 Å². The second-order valence-electron chi connectivity index (χ2n) is 11.9. The highest BCUT2D eigenvalue weighted by Gasteiger charge is 2.21. The van der Waals surface area contributed by atoms with Gasteiger partial charge in [0.05, 0.1) is 17.6 Å². The highest BCUT2D eigenvalue weighted by Crippen LogP contribution is 2.23. The number of hydrogen-bond acceptors (Lipinski definition) is 5. The van der Waals surface area contributed by atoms with Crippen LogP contribution >= 0.6 is 0 Å². The van der Waals surface area contributed by atoms with Crippen LogP contribution in [-0.4, -0.2) is 58.6 Å². The molecule has 0 aliphatic rings. The van der Waals surface area contributed by atoms with E-state index in [9.17, 15) is 14.7 Å². The largest absolute Gasteiger partial charge is 0.465 e. The summed E-state index contributed by atoms with van der Waals surface area (Å²) in [6.07, 6.45) is -0.918. The fourth-order valence-electron chi connectivity index (χ4n) is 4.08. The molecule has 0 saturated carbocycles. The minimum absolute atomic E-state index is 0.117. The van der Waals surface area contributed by atoms with Crippen molar-refractivity contribution in [2.75, 3.05) is 13.2 Å². The summed E-state index contributed by atoms with van der Waals surface area (Å²) in [6.45, 7) is 14.1. The number of para-hydroxylation sites is 1. The van der Waals surface area contributed by atoms with Gasteiger partial charge >= 0.3 is 12.2 Å². The predicted octanol–water partition coefficient (Wildman–Crippen LogP) is 6.10. The van der Waals surface area contributed by atoms with Crippen LogP contribution in [0.5, 0.6) is 0 Å². The standard InChI is InChI=1S/C29H42N4O5Si/c1-29(2,3)38-27(34)30-16-15-23-13-10-14-24-26(23)33(21-37-17-18-39(4,5)6)25(31-24)20-32(28(35)36)19-22-11-8-7-9-12-22/h7-14H,15-21H2,1-6H3,(H,30,34)(H,35,36). The molecule has 1 heterocycles. The maximum atomic E-state index is 12.2. The van der Waals surface area contributed by atoms with Gasteiger partial charge in [0, 0.05) is 27.8 Å². The molecule has 10 heteroatoms. The topological polar surface area (TPSA) is 106 Å². The Morgan fingerprint density at radius 3 is 2.41 bits per heavy atom. The average Bonchev–Trinajstić information content (AvgIpc) is 3.18. The fourth-order valence-corrected chi connectivity index (χ4v) is 4.84. The second-order valence-corrected chi connectivity index (χ2v) is 17.5. The summed E-state index contributed by atoms with van der Waals surface area (Å²) in [5.74, 6) is 0.615. The number of fused-ring (bicyclic) bond motifs is 1. The van der Waals surface area contributed by atoms with E-state index in [2.05, 4.69) is 25.0 Å². The maximum absolute atomic E-state index is 12.2. The molecule has 0 bridgehead atoms. The van der Waals surface area contributed by atoms with Gasteiger partial charge in [0.1, 0.15) is 18.2 Å². The Morgan fingerprint density at radius 2 is 1.77 bits per heavy atom. The summed E-state index contributed by atoms with van der Waals surface area (Å²) in [6, 6.07) is 16.4. The Morgan fingerprint density at radius 1 is 1.05 bits per heavy atom. The number of ether oxygens (including phenoxy) is 2. The van der Waals surface area contributed by atoms with E-state index < -0.39 is 25.9 Å². The van der Waals surface area contributed by atoms with Crippen molar-refractivity contribution < 1.29 is 24.2 Å². The van der Waals surface area contributed by atoms with Crippen LogP contribution < -0.4 is 5.32 Å². The minimum atomic E-state index is -1.28. The number of nitrogens with one attached hydrogen (secondary N) is 1. The van der Waals surface area contributed by atoms with E-state index in [0.29, 0.717) is 25.4 Å². The summed E-state index contributed by atoms with van der Waals surface area (Å²) in [7, 11) is -1.28. The zero-order valence-electron chi connectivity index (χ0n) is 24.0. The predicted molar refractivity (Wildman–Crippen MR) is 155 cm³/mol. The molecular weight excluding hydrogens is 512 g/mol. The van der Waals surface area contributed by atoms with Crippen molar-refractivity contribution in [3.05, 3.63) is 65.5 Å². The molecule has 0 spiro atoms. The normalized spacial score (nSPS) is 11.9. The Labute approximate surface area is 232 Å². The lowest BCUT2D eigenvalue weighted by Crippen LogP contribution is -2.33. The number of carbonyl (C=O) groups is 2. The van der Waals surface area contributed by atoms with Gasteiger partial charge in [0.25, 0.3) is 0 Å². The highest BCUT2D eigenvalue weighted by atomic mass is 28.3.